The van der Waals surface area contributed by atoms with Gasteiger partial charge in [0.15, 0.2) is 0 Å². The van der Waals surface area contributed by atoms with Crippen molar-refractivity contribution in [3.05, 3.63) is 29.8 Å². The third kappa shape index (κ3) is 4.48. The summed E-state index contributed by atoms with van der Waals surface area (Å²) in [6, 6.07) is 6.98. The van der Waals surface area contributed by atoms with Gasteiger partial charge in [0.1, 0.15) is 5.75 Å². The van der Waals surface area contributed by atoms with Gasteiger partial charge in [0.25, 0.3) is 5.91 Å². The first-order valence-electron chi connectivity index (χ1n) is 7.40. The molecule has 0 unspecified atom stereocenters. The van der Waals surface area contributed by atoms with Crippen LogP contribution < -0.4 is 15.4 Å². The molecule has 5 nitrogen and oxygen atoms in total. The molecule has 1 saturated carbocycles. The molecule has 2 N–H and O–H groups in total. The number of nitrogens with one attached hydrogen (secondary N) is 2. The van der Waals surface area contributed by atoms with Gasteiger partial charge in [0, 0.05) is 24.6 Å². The number of hydrogen-bond acceptors (Lipinski definition) is 3. The Bertz CT molecular complexity index is 496. The Morgan fingerprint density at radius 1 is 1.19 bits per heavy atom. The lowest BCUT2D eigenvalue weighted by atomic mass is 10.1. The largest absolute Gasteiger partial charge is 0.497 e. The number of rotatable bonds is 6. The molecule has 1 aromatic carbocycles. The summed E-state index contributed by atoms with van der Waals surface area (Å²) in [5.41, 5.74) is 0.552. The van der Waals surface area contributed by atoms with Crippen LogP contribution in [0.1, 0.15) is 36.0 Å². The molecule has 0 aromatic heterocycles. The van der Waals surface area contributed by atoms with Gasteiger partial charge >= 0.3 is 0 Å². The highest BCUT2D eigenvalue weighted by Crippen LogP contribution is 2.24. The van der Waals surface area contributed by atoms with Gasteiger partial charge in [-0.1, -0.05) is 18.9 Å². The summed E-state index contributed by atoms with van der Waals surface area (Å²) in [6.45, 7) is 0.888. The SMILES string of the molecule is COc1cccc(C(=O)NCCNC(=O)C2CCCC2)c1. The summed E-state index contributed by atoms with van der Waals surface area (Å²) in [5, 5.41) is 5.66. The highest BCUT2D eigenvalue weighted by Gasteiger charge is 2.21. The average molecular weight is 290 g/mol. The Balaban J connectivity index is 1.70. The molecule has 5 heteroatoms. The van der Waals surface area contributed by atoms with Crippen LogP contribution in [0.4, 0.5) is 0 Å². The second-order valence-electron chi connectivity index (χ2n) is 5.26. The maximum atomic E-state index is 11.9. The molecule has 0 spiro atoms. The molecule has 0 aliphatic heterocycles. The summed E-state index contributed by atoms with van der Waals surface area (Å²) in [6.07, 6.45) is 4.26. The van der Waals surface area contributed by atoms with E-state index in [0.717, 1.165) is 25.7 Å². The zero-order valence-electron chi connectivity index (χ0n) is 12.4. The minimum Gasteiger partial charge on any atom is -0.497 e. The molecule has 21 heavy (non-hydrogen) atoms. The molecule has 0 saturated heterocycles. The number of hydrogen-bond donors (Lipinski definition) is 2. The number of amides is 2. The Labute approximate surface area is 125 Å². The van der Waals surface area contributed by atoms with Crippen LogP contribution in [0.25, 0.3) is 0 Å². The van der Waals surface area contributed by atoms with Gasteiger partial charge in [-0.25, -0.2) is 0 Å². The predicted octanol–water partition coefficient (Wildman–Crippen LogP) is 1.73. The van der Waals surface area contributed by atoms with Gasteiger partial charge in [-0.2, -0.15) is 0 Å². The molecular weight excluding hydrogens is 268 g/mol. The topological polar surface area (TPSA) is 67.4 Å². The molecule has 0 heterocycles. The average Bonchev–Trinajstić information content (AvgIpc) is 3.05. The van der Waals surface area contributed by atoms with Crippen molar-refractivity contribution in [1.29, 1.82) is 0 Å². The Morgan fingerprint density at radius 3 is 2.62 bits per heavy atom. The van der Waals surface area contributed by atoms with E-state index in [2.05, 4.69) is 10.6 Å². The fourth-order valence-corrected chi connectivity index (χ4v) is 2.56. The van der Waals surface area contributed by atoms with Gasteiger partial charge < -0.3 is 15.4 Å². The fraction of sp³-hybridized carbons (Fsp3) is 0.500. The Morgan fingerprint density at radius 2 is 1.90 bits per heavy atom. The summed E-state index contributed by atoms with van der Waals surface area (Å²) in [5.74, 6) is 0.767. The van der Waals surface area contributed by atoms with Gasteiger partial charge in [-0.05, 0) is 31.0 Å². The minimum atomic E-state index is -0.163. The normalized spacial score (nSPS) is 14.7. The highest BCUT2D eigenvalue weighted by atomic mass is 16.5. The smallest absolute Gasteiger partial charge is 0.251 e. The monoisotopic (exact) mass is 290 g/mol. The van der Waals surface area contributed by atoms with E-state index in [1.807, 2.05) is 0 Å². The van der Waals surface area contributed by atoms with Crippen molar-refractivity contribution in [2.75, 3.05) is 20.2 Å². The van der Waals surface area contributed by atoms with E-state index in [1.165, 1.54) is 0 Å². The first-order valence-corrected chi connectivity index (χ1v) is 7.40. The second-order valence-corrected chi connectivity index (χ2v) is 5.26. The minimum absolute atomic E-state index is 0.114. The first-order chi connectivity index (χ1) is 10.2. The van der Waals surface area contributed by atoms with Crippen LogP contribution in [0.5, 0.6) is 5.75 Å². The molecule has 0 bridgehead atoms. The number of benzene rings is 1. The summed E-state index contributed by atoms with van der Waals surface area (Å²) >= 11 is 0. The van der Waals surface area contributed by atoms with Gasteiger partial charge in [0.2, 0.25) is 5.91 Å². The Hall–Kier alpha value is -2.04. The zero-order valence-corrected chi connectivity index (χ0v) is 12.4. The van der Waals surface area contributed by atoms with Crippen LogP contribution in [-0.4, -0.2) is 32.0 Å². The van der Waals surface area contributed by atoms with E-state index < -0.39 is 0 Å². The third-order valence-electron chi connectivity index (χ3n) is 3.77. The molecule has 2 amide bonds. The summed E-state index contributed by atoms with van der Waals surface area (Å²) in [7, 11) is 1.57. The fourth-order valence-electron chi connectivity index (χ4n) is 2.56. The second kappa shape index (κ2) is 7.67. The van der Waals surface area contributed by atoms with E-state index >= 15 is 0 Å². The molecule has 1 aliphatic carbocycles. The summed E-state index contributed by atoms with van der Waals surface area (Å²) in [4.78, 5) is 23.7. The van der Waals surface area contributed by atoms with Crippen LogP contribution in [0, 0.1) is 5.92 Å². The zero-order chi connectivity index (χ0) is 15.1. The van der Waals surface area contributed by atoms with Crippen LogP contribution in [0.2, 0.25) is 0 Å². The first kappa shape index (κ1) is 15.4. The van der Waals surface area contributed by atoms with Crippen LogP contribution >= 0.6 is 0 Å². The van der Waals surface area contributed by atoms with Crippen LogP contribution in [0.15, 0.2) is 24.3 Å². The molecular formula is C16H22N2O3. The van der Waals surface area contributed by atoms with Crippen LogP contribution in [-0.2, 0) is 4.79 Å². The molecule has 0 atom stereocenters. The van der Waals surface area contributed by atoms with Crippen molar-refractivity contribution in [3.8, 4) is 5.75 Å². The third-order valence-corrected chi connectivity index (χ3v) is 3.77. The lowest BCUT2D eigenvalue weighted by molar-refractivity contribution is -0.124. The number of carbonyl (C=O) groups is 2. The standard InChI is InChI=1S/C16H22N2O3/c1-21-14-8-4-7-13(11-14)16(20)18-10-9-17-15(19)12-5-2-3-6-12/h4,7-8,11-12H,2-3,5-6,9-10H2,1H3,(H,17,19)(H,18,20). The van der Waals surface area contributed by atoms with E-state index in [1.54, 1.807) is 31.4 Å². The maximum absolute atomic E-state index is 11.9. The lowest BCUT2D eigenvalue weighted by Gasteiger charge is -2.11. The number of ether oxygens (including phenoxy) is 1. The van der Waals surface area contributed by atoms with E-state index in [-0.39, 0.29) is 17.7 Å². The molecule has 0 radical (unpaired) electrons. The lowest BCUT2D eigenvalue weighted by Crippen LogP contribution is -2.37. The molecule has 1 aromatic rings. The molecule has 2 rings (SSSR count). The number of methoxy groups -OCH3 is 1. The summed E-state index contributed by atoms with van der Waals surface area (Å²) < 4.78 is 5.08. The van der Waals surface area contributed by atoms with Gasteiger partial charge in [-0.15, -0.1) is 0 Å². The van der Waals surface area contributed by atoms with Crippen molar-refractivity contribution >= 4 is 11.8 Å². The highest BCUT2D eigenvalue weighted by molar-refractivity contribution is 5.94. The van der Waals surface area contributed by atoms with Crippen molar-refractivity contribution in [3.63, 3.8) is 0 Å². The molecule has 1 aliphatic rings. The van der Waals surface area contributed by atoms with E-state index in [4.69, 9.17) is 4.74 Å². The van der Waals surface area contributed by atoms with E-state index in [9.17, 15) is 9.59 Å². The Kier molecular flexibility index (Phi) is 5.60. The number of carbonyl (C=O) groups excluding carboxylic acids is 2. The predicted molar refractivity (Wildman–Crippen MR) is 80.3 cm³/mol. The van der Waals surface area contributed by atoms with Crippen molar-refractivity contribution in [2.24, 2.45) is 5.92 Å². The molecule has 114 valence electrons. The van der Waals surface area contributed by atoms with Crippen molar-refractivity contribution in [2.45, 2.75) is 25.7 Å². The van der Waals surface area contributed by atoms with Crippen LogP contribution in [0.3, 0.4) is 0 Å². The quantitative estimate of drug-likeness (QED) is 0.784. The maximum Gasteiger partial charge on any atom is 0.251 e. The van der Waals surface area contributed by atoms with Crippen molar-refractivity contribution in [1.82, 2.24) is 10.6 Å². The van der Waals surface area contributed by atoms with Gasteiger partial charge in [-0.3, -0.25) is 9.59 Å². The molecule has 1 fully saturated rings. The van der Waals surface area contributed by atoms with E-state index in [0.29, 0.717) is 24.4 Å². The van der Waals surface area contributed by atoms with Gasteiger partial charge in [0.05, 0.1) is 7.11 Å². The van der Waals surface area contributed by atoms with Crippen molar-refractivity contribution < 1.29 is 14.3 Å².